The summed E-state index contributed by atoms with van der Waals surface area (Å²) >= 11 is 0. The highest BCUT2D eigenvalue weighted by Crippen LogP contribution is 2.16. The van der Waals surface area contributed by atoms with Gasteiger partial charge >= 0.3 is 12.2 Å². The van der Waals surface area contributed by atoms with Crippen molar-refractivity contribution in [3.8, 4) is 0 Å². The Morgan fingerprint density at radius 1 is 1.14 bits per heavy atom. The van der Waals surface area contributed by atoms with Gasteiger partial charge < -0.3 is 10.6 Å². The van der Waals surface area contributed by atoms with Crippen molar-refractivity contribution in [2.75, 3.05) is 13.1 Å². The predicted octanol–water partition coefficient (Wildman–Crippen LogP) is 2.64. The SMILES string of the molecule is O=C(NCCc1cccc2cccnc12)NCC(F)(F)F. The van der Waals surface area contributed by atoms with E-state index in [4.69, 9.17) is 0 Å². The second-order valence-electron chi connectivity index (χ2n) is 4.47. The van der Waals surface area contributed by atoms with E-state index >= 15 is 0 Å². The molecular weight excluding hydrogens is 283 g/mol. The monoisotopic (exact) mass is 297 g/mol. The van der Waals surface area contributed by atoms with E-state index in [0.29, 0.717) is 6.42 Å². The van der Waals surface area contributed by atoms with E-state index in [9.17, 15) is 18.0 Å². The summed E-state index contributed by atoms with van der Waals surface area (Å²) in [6.07, 6.45) is -2.24. The highest BCUT2D eigenvalue weighted by atomic mass is 19.4. The van der Waals surface area contributed by atoms with Gasteiger partial charge in [-0.3, -0.25) is 4.98 Å². The zero-order valence-corrected chi connectivity index (χ0v) is 11.1. The Morgan fingerprint density at radius 2 is 1.90 bits per heavy atom. The van der Waals surface area contributed by atoms with Crippen LogP contribution in [0.15, 0.2) is 36.5 Å². The first-order valence-electron chi connectivity index (χ1n) is 6.37. The van der Waals surface area contributed by atoms with Crippen LogP contribution in [0.5, 0.6) is 0 Å². The first-order valence-corrected chi connectivity index (χ1v) is 6.37. The number of benzene rings is 1. The van der Waals surface area contributed by atoms with Crippen LogP contribution in [0.25, 0.3) is 10.9 Å². The maximum Gasteiger partial charge on any atom is 0.405 e. The third-order valence-corrected chi connectivity index (χ3v) is 2.85. The minimum atomic E-state index is -4.41. The summed E-state index contributed by atoms with van der Waals surface area (Å²) in [4.78, 5) is 15.5. The second kappa shape index (κ2) is 6.43. The molecule has 0 bridgehead atoms. The molecule has 0 fully saturated rings. The summed E-state index contributed by atoms with van der Waals surface area (Å²) in [6.45, 7) is -1.10. The lowest BCUT2D eigenvalue weighted by atomic mass is 10.1. The number of carbonyl (C=O) groups is 1. The fraction of sp³-hybridized carbons (Fsp3) is 0.286. The molecule has 21 heavy (non-hydrogen) atoms. The van der Waals surface area contributed by atoms with Crippen LogP contribution in [0, 0.1) is 0 Å². The highest BCUT2D eigenvalue weighted by Gasteiger charge is 2.27. The number of para-hydroxylation sites is 1. The third kappa shape index (κ3) is 4.62. The van der Waals surface area contributed by atoms with E-state index in [-0.39, 0.29) is 6.54 Å². The Hall–Kier alpha value is -2.31. The standard InChI is InChI=1S/C14H14F3N3O/c15-14(16,17)9-20-13(21)19-8-6-11-4-1-3-10-5-2-7-18-12(10)11/h1-5,7H,6,8-9H2,(H2,19,20,21). The van der Waals surface area contributed by atoms with Crippen LogP contribution in [0.4, 0.5) is 18.0 Å². The van der Waals surface area contributed by atoms with E-state index in [2.05, 4.69) is 10.3 Å². The molecule has 0 unspecified atom stereocenters. The molecule has 2 rings (SSSR count). The lowest BCUT2D eigenvalue weighted by Crippen LogP contribution is -2.41. The number of halogens is 3. The number of amides is 2. The lowest BCUT2D eigenvalue weighted by molar-refractivity contribution is -0.122. The van der Waals surface area contributed by atoms with Gasteiger partial charge in [0.25, 0.3) is 0 Å². The average molecular weight is 297 g/mol. The van der Waals surface area contributed by atoms with Crippen molar-refractivity contribution in [1.82, 2.24) is 15.6 Å². The maximum absolute atomic E-state index is 11.9. The second-order valence-corrected chi connectivity index (χ2v) is 4.47. The van der Waals surface area contributed by atoms with Gasteiger partial charge in [0.15, 0.2) is 0 Å². The first-order chi connectivity index (χ1) is 9.96. The molecule has 0 aliphatic heterocycles. The largest absolute Gasteiger partial charge is 0.405 e. The van der Waals surface area contributed by atoms with E-state index in [1.807, 2.05) is 30.3 Å². The number of alkyl halides is 3. The summed E-state index contributed by atoms with van der Waals surface area (Å²) < 4.78 is 35.8. The van der Waals surface area contributed by atoms with Crippen molar-refractivity contribution in [3.63, 3.8) is 0 Å². The zero-order valence-electron chi connectivity index (χ0n) is 11.1. The van der Waals surface area contributed by atoms with Gasteiger partial charge in [-0.15, -0.1) is 0 Å². The molecule has 2 N–H and O–H groups in total. The average Bonchev–Trinajstić information content (AvgIpc) is 2.45. The summed E-state index contributed by atoms with van der Waals surface area (Å²) in [7, 11) is 0. The Labute approximate surface area is 119 Å². The molecule has 2 aromatic rings. The van der Waals surface area contributed by atoms with Gasteiger partial charge in [0.05, 0.1) is 5.52 Å². The number of nitrogens with zero attached hydrogens (tertiary/aromatic N) is 1. The quantitative estimate of drug-likeness (QED) is 0.911. The van der Waals surface area contributed by atoms with Crippen molar-refractivity contribution in [1.29, 1.82) is 0 Å². The number of aromatic nitrogens is 1. The number of pyridine rings is 1. The van der Waals surface area contributed by atoms with Gasteiger partial charge in [-0.25, -0.2) is 4.79 Å². The Bertz CT molecular complexity index is 623. The van der Waals surface area contributed by atoms with Gasteiger partial charge in [0.2, 0.25) is 0 Å². The Kier molecular flexibility index (Phi) is 4.62. The van der Waals surface area contributed by atoms with Crippen molar-refractivity contribution in [2.45, 2.75) is 12.6 Å². The van der Waals surface area contributed by atoms with Crippen molar-refractivity contribution < 1.29 is 18.0 Å². The summed E-state index contributed by atoms with van der Waals surface area (Å²) in [6, 6.07) is 8.60. The number of hydrogen-bond acceptors (Lipinski definition) is 2. The van der Waals surface area contributed by atoms with Crippen LogP contribution < -0.4 is 10.6 Å². The first kappa shape index (κ1) is 15.1. The van der Waals surface area contributed by atoms with Crippen molar-refractivity contribution in [2.24, 2.45) is 0 Å². The predicted molar refractivity (Wildman–Crippen MR) is 72.9 cm³/mol. The summed E-state index contributed by atoms with van der Waals surface area (Å²) in [5.41, 5.74) is 1.77. The molecule has 0 saturated heterocycles. The van der Waals surface area contributed by atoms with E-state index in [1.165, 1.54) is 0 Å². The smallest absolute Gasteiger partial charge is 0.338 e. The number of carbonyl (C=O) groups excluding carboxylic acids is 1. The molecule has 112 valence electrons. The molecule has 0 atom stereocenters. The van der Waals surface area contributed by atoms with Gasteiger partial charge in [0.1, 0.15) is 6.54 Å². The third-order valence-electron chi connectivity index (χ3n) is 2.85. The number of hydrogen-bond donors (Lipinski definition) is 2. The molecule has 2 amide bonds. The van der Waals surface area contributed by atoms with Crippen LogP contribution in [-0.2, 0) is 6.42 Å². The van der Waals surface area contributed by atoms with Gasteiger partial charge in [0, 0.05) is 18.1 Å². The van der Waals surface area contributed by atoms with Crippen LogP contribution in [0.3, 0.4) is 0 Å². The minimum Gasteiger partial charge on any atom is -0.338 e. The van der Waals surface area contributed by atoms with Crippen molar-refractivity contribution in [3.05, 3.63) is 42.1 Å². The lowest BCUT2D eigenvalue weighted by Gasteiger charge is -2.10. The molecule has 7 heteroatoms. The number of rotatable bonds is 4. The number of fused-ring (bicyclic) bond motifs is 1. The molecule has 1 aromatic heterocycles. The molecule has 0 aliphatic rings. The molecule has 0 aliphatic carbocycles. The van der Waals surface area contributed by atoms with Gasteiger partial charge in [-0.05, 0) is 18.1 Å². The Morgan fingerprint density at radius 3 is 2.67 bits per heavy atom. The van der Waals surface area contributed by atoms with Crippen LogP contribution in [-0.4, -0.2) is 30.3 Å². The van der Waals surface area contributed by atoms with E-state index in [1.54, 1.807) is 11.5 Å². The fourth-order valence-electron chi connectivity index (χ4n) is 1.92. The highest BCUT2D eigenvalue weighted by molar-refractivity contribution is 5.81. The van der Waals surface area contributed by atoms with Crippen LogP contribution in [0.2, 0.25) is 0 Å². The topological polar surface area (TPSA) is 54.0 Å². The molecule has 0 radical (unpaired) electrons. The van der Waals surface area contributed by atoms with Crippen LogP contribution >= 0.6 is 0 Å². The summed E-state index contributed by atoms with van der Waals surface area (Å²) in [5.74, 6) is 0. The normalized spacial score (nSPS) is 11.4. The zero-order chi connectivity index (χ0) is 15.3. The fourth-order valence-corrected chi connectivity index (χ4v) is 1.92. The summed E-state index contributed by atoms with van der Waals surface area (Å²) in [5, 5.41) is 5.13. The van der Waals surface area contributed by atoms with Gasteiger partial charge in [-0.2, -0.15) is 13.2 Å². The molecule has 0 spiro atoms. The number of nitrogens with one attached hydrogen (secondary N) is 2. The molecule has 0 saturated carbocycles. The van der Waals surface area contributed by atoms with Crippen LogP contribution in [0.1, 0.15) is 5.56 Å². The molecule has 1 aromatic carbocycles. The van der Waals surface area contributed by atoms with E-state index in [0.717, 1.165) is 16.5 Å². The van der Waals surface area contributed by atoms with E-state index < -0.39 is 18.8 Å². The number of urea groups is 1. The molecule has 1 heterocycles. The molecule has 4 nitrogen and oxygen atoms in total. The van der Waals surface area contributed by atoms with Crippen molar-refractivity contribution >= 4 is 16.9 Å². The van der Waals surface area contributed by atoms with Gasteiger partial charge in [-0.1, -0.05) is 24.3 Å². The Balaban J connectivity index is 1.87. The minimum absolute atomic E-state index is 0.235. The maximum atomic E-state index is 11.9. The molecular formula is C14H14F3N3O.